The van der Waals surface area contributed by atoms with Gasteiger partial charge in [-0.1, -0.05) is 249 Å². The van der Waals surface area contributed by atoms with Crippen LogP contribution in [0.3, 0.4) is 0 Å². The Morgan fingerprint density at radius 2 is 0.858 bits per heavy atom. The van der Waals surface area contributed by atoms with Gasteiger partial charge >= 0.3 is 13.7 Å². The Bertz CT molecular complexity index is 8250. The van der Waals surface area contributed by atoms with Crippen LogP contribution in [-0.4, -0.2) is 31.8 Å². The van der Waals surface area contributed by atoms with Crippen molar-refractivity contribution >= 4 is 209 Å². The third-order valence-electron chi connectivity index (χ3n) is 28.3. The van der Waals surface area contributed by atoms with E-state index in [9.17, 15) is 0 Å². The standard InChI is InChI=1S/C106H82B2N4O/c1-102(2,3)61-29-36-83-75(48-61)76-50-64(105(10,11)12)51-79-91-72-32-25-58-44-65(45-59-27-34-74(89(72)87(58)59)100-95(91)108(112(83)97(76)79)81-52-85-92(70-21-17-18-22-84(70)113-85)93-77-49-62(103(4,5)6)28-35-82(77)111(100)101(81)93)106(13,14)53-54-23-30-67-60(41-54)47-80-98-69(67)37-39-109(98)99-73-33-26-57-43-63(104(7,8)9)42-56-24-31-71(88(73)86(56)57)90-78-46-55-19-15-16-20-66(55)68-38-40-110(96(68)78)107(80)94(90)99/h15-52H,53H2,1-14H3. The number of aromatic nitrogens is 4. The summed E-state index contributed by atoms with van der Waals surface area (Å²) in [5.41, 5.74) is 30.6. The number of nitrogens with zero attached hydrogens (tertiary/aromatic N) is 4. The van der Waals surface area contributed by atoms with Gasteiger partial charge in [0.15, 0.2) is 0 Å². The number of benzene rings is 17. The van der Waals surface area contributed by atoms with Crippen LogP contribution in [0.5, 0.6) is 0 Å². The van der Waals surface area contributed by atoms with Crippen molar-refractivity contribution in [2.75, 3.05) is 0 Å². The summed E-state index contributed by atoms with van der Waals surface area (Å²) in [6.45, 7) is 33.1. The van der Waals surface area contributed by atoms with Crippen molar-refractivity contribution in [3.05, 3.63) is 264 Å². The molecule has 0 amide bonds. The van der Waals surface area contributed by atoms with Crippen LogP contribution in [-0.2, 0) is 33.5 Å². The molecule has 7 heteroatoms. The quantitative estimate of drug-likeness (QED) is 0.128. The molecule has 9 heterocycles. The zero-order valence-corrected chi connectivity index (χ0v) is 66.5. The van der Waals surface area contributed by atoms with E-state index in [0.717, 1.165) is 23.0 Å². The predicted octanol–water partition coefficient (Wildman–Crippen LogP) is 25.4. The summed E-state index contributed by atoms with van der Waals surface area (Å²) < 4.78 is 17.9. The molecule has 22 aromatic rings. The van der Waals surface area contributed by atoms with Gasteiger partial charge in [0.2, 0.25) is 0 Å². The summed E-state index contributed by atoms with van der Waals surface area (Å²) in [6.07, 6.45) is 5.67. The molecule has 0 saturated heterocycles. The van der Waals surface area contributed by atoms with Crippen LogP contribution >= 0.6 is 0 Å². The van der Waals surface area contributed by atoms with Gasteiger partial charge in [-0.15, -0.1) is 0 Å². The summed E-state index contributed by atoms with van der Waals surface area (Å²) in [5.74, 6) is 0. The number of fused-ring (bicyclic) bond motifs is 26. The maximum absolute atomic E-state index is 7.16. The van der Waals surface area contributed by atoms with Crippen LogP contribution in [0.15, 0.2) is 235 Å². The van der Waals surface area contributed by atoms with Gasteiger partial charge in [0.1, 0.15) is 11.2 Å². The average Bonchev–Trinajstić information content (AvgIpc) is 1.56. The van der Waals surface area contributed by atoms with Crippen LogP contribution in [0.4, 0.5) is 0 Å². The molecule has 0 unspecified atom stereocenters. The lowest BCUT2D eigenvalue weighted by molar-refractivity contribution is 0.524. The first kappa shape index (κ1) is 63.6. The summed E-state index contributed by atoms with van der Waals surface area (Å²) in [6, 6.07) is 87.4. The van der Waals surface area contributed by atoms with Crippen molar-refractivity contribution in [1.29, 1.82) is 0 Å². The van der Waals surface area contributed by atoms with Crippen LogP contribution in [0, 0.1) is 0 Å². The van der Waals surface area contributed by atoms with Gasteiger partial charge in [0.25, 0.3) is 0 Å². The summed E-state index contributed by atoms with van der Waals surface area (Å²) >= 11 is 0. The highest BCUT2D eigenvalue weighted by Gasteiger charge is 2.47. The maximum atomic E-state index is 7.16. The lowest BCUT2D eigenvalue weighted by Crippen LogP contribution is -2.55. The van der Waals surface area contributed by atoms with Gasteiger partial charge < -0.3 is 22.5 Å². The summed E-state index contributed by atoms with van der Waals surface area (Å²) in [5, 5.41) is 31.2. The van der Waals surface area contributed by atoms with Crippen molar-refractivity contribution in [3.8, 4) is 33.6 Å². The largest absolute Gasteiger partial charge is 0.456 e. The molecule has 0 N–H and O–H groups in total. The van der Waals surface area contributed by atoms with Gasteiger partial charge in [0, 0.05) is 98.5 Å². The fourth-order valence-electron chi connectivity index (χ4n) is 22.9. The first-order valence-electron chi connectivity index (χ1n) is 41.0. The zero-order valence-electron chi connectivity index (χ0n) is 66.5. The number of hydrogen-bond acceptors (Lipinski definition) is 1. The van der Waals surface area contributed by atoms with Crippen LogP contribution < -0.4 is 21.9 Å². The highest BCUT2D eigenvalue weighted by molar-refractivity contribution is 6.92. The van der Waals surface area contributed by atoms with E-state index in [0.29, 0.717) is 0 Å². The SMILES string of the molecule is CC(C)(C)c1cc2ccc3c4c5c(c6ccc(c1)c2c36)-n1ccc2c3ccc(CC(C)(C)c6cc7ccc8c9c%10c(c%11ccc(c6)c7c8%11)-n6c7ccc(C(C)(C)C)cc7c7c8c(cc(c76)B%10n6c7ccc(C(C)(C)C)cc7c7cc(C(C)(C)C)cc-9c76)oc6ccccc68)cc3cc(c21)B5n1ccc2c3ccccc3cc-4c21. The minimum absolute atomic E-state index is 0.0208. The van der Waals surface area contributed by atoms with E-state index >= 15 is 0 Å². The van der Waals surface area contributed by atoms with E-state index in [1.54, 1.807) is 0 Å². The monoisotopic (exact) mass is 1450 g/mol. The summed E-state index contributed by atoms with van der Waals surface area (Å²) in [7, 11) is 0. The number of para-hydroxylation sites is 1. The highest BCUT2D eigenvalue weighted by atomic mass is 16.3. The molecule has 0 saturated carbocycles. The molecule has 538 valence electrons. The van der Waals surface area contributed by atoms with Crippen molar-refractivity contribution in [3.63, 3.8) is 0 Å². The minimum atomic E-state index is -0.250. The predicted molar refractivity (Wildman–Crippen MR) is 485 cm³/mol. The Morgan fingerprint density at radius 1 is 0.310 bits per heavy atom. The minimum Gasteiger partial charge on any atom is -0.456 e. The molecule has 0 atom stereocenters. The lowest BCUT2D eigenvalue weighted by atomic mass is 9.45. The molecule has 0 bridgehead atoms. The molecular formula is C106H82B2N4O. The van der Waals surface area contributed by atoms with E-state index in [4.69, 9.17) is 4.42 Å². The van der Waals surface area contributed by atoms with E-state index in [1.807, 2.05) is 0 Å². The fourth-order valence-corrected chi connectivity index (χ4v) is 22.9. The van der Waals surface area contributed by atoms with Gasteiger partial charge in [-0.3, -0.25) is 0 Å². The molecule has 26 rings (SSSR count). The molecule has 0 radical (unpaired) electrons. The first-order chi connectivity index (χ1) is 54.3. The second-order valence-electron chi connectivity index (χ2n) is 39.3. The Balaban J connectivity index is 0.681. The lowest BCUT2D eigenvalue weighted by Gasteiger charge is -2.36. The molecule has 0 spiro atoms. The van der Waals surface area contributed by atoms with Gasteiger partial charge in [-0.25, -0.2) is 0 Å². The molecule has 17 aromatic carbocycles. The third kappa shape index (κ3) is 7.83. The Morgan fingerprint density at radius 3 is 1.55 bits per heavy atom. The molecular weight excluding hydrogens is 1370 g/mol. The van der Waals surface area contributed by atoms with Crippen molar-refractivity contribution in [2.24, 2.45) is 0 Å². The average molecular weight is 1450 g/mol. The topological polar surface area (TPSA) is 32.9 Å². The molecule has 4 aliphatic rings. The first-order valence-corrected chi connectivity index (χ1v) is 41.0. The maximum Gasteiger partial charge on any atom is 0.333 e. The van der Waals surface area contributed by atoms with Crippen LogP contribution in [0.1, 0.15) is 130 Å². The smallest absolute Gasteiger partial charge is 0.333 e. The van der Waals surface area contributed by atoms with E-state index in [1.165, 1.54) is 246 Å². The molecule has 113 heavy (non-hydrogen) atoms. The molecule has 5 aromatic heterocycles. The normalized spacial score (nSPS) is 14.3. The molecule has 4 aliphatic heterocycles. The molecule has 5 nitrogen and oxygen atoms in total. The van der Waals surface area contributed by atoms with Crippen molar-refractivity contribution in [2.45, 2.75) is 130 Å². The Kier molecular flexibility index (Phi) is 11.4. The fraction of sp³-hybridized carbons (Fsp3) is 0.189. The van der Waals surface area contributed by atoms with Gasteiger partial charge in [-0.2, -0.15) is 0 Å². The number of rotatable bonds is 3. The second kappa shape index (κ2) is 20.2. The van der Waals surface area contributed by atoms with E-state index in [-0.39, 0.29) is 40.8 Å². The van der Waals surface area contributed by atoms with Crippen molar-refractivity contribution in [1.82, 2.24) is 18.1 Å². The highest BCUT2D eigenvalue weighted by Crippen LogP contribution is 2.55. The Labute approximate surface area is 655 Å². The van der Waals surface area contributed by atoms with E-state index in [2.05, 4.69) is 346 Å². The van der Waals surface area contributed by atoms with Crippen LogP contribution in [0.2, 0.25) is 0 Å². The summed E-state index contributed by atoms with van der Waals surface area (Å²) in [4.78, 5) is 0. The number of furan rings is 1. The number of hydrogen-bond donors (Lipinski definition) is 0. The van der Waals surface area contributed by atoms with Crippen molar-refractivity contribution < 1.29 is 4.42 Å². The van der Waals surface area contributed by atoms with E-state index < -0.39 is 0 Å². The zero-order chi connectivity index (χ0) is 76.0. The molecule has 0 fully saturated rings. The second-order valence-corrected chi connectivity index (χ2v) is 39.3. The van der Waals surface area contributed by atoms with Gasteiger partial charge in [-0.05, 0) is 237 Å². The van der Waals surface area contributed by atoms with Gasteiger partial charge in [0.05, 0.1) is 27.9 Å². The third-order valence-corrected chi connectivity index (χ3v) is 28.3. The Hall–Kier alpha value is -12.1. The molecule has 0 aliphatic carbocycles. The van der Waals surface area contributed by atoms with Crippen LogP contribution in [0.25, 0.3) is 207 Å².